The van der Waals surface area contributed by atoms with Crippen molar-refractivity contribution in [3.63, 3.8) is 0 Å². The molecule has 0 saturated carbocycles. The minimum Gasteiger partial charge on any atom is -0.354 e. The van der Waals surface area contributed by atoms with Crippen LogP contribution in [0.1, 0.15) is 36.5 Å². The molecule has 0 aliphatic carbocycles. The van der Waals surface area contributed by atoms with Gasteiger partial charge in [0.15, 0.2) is 0 Å². The summed E-state index contributed by atoms with van der Waals surface area (Å²) < 4.78 is 0. The van der Waals surface area contributed by atoms with E-state index in [4.69, 9.17) is 23.2 Å². The van der Waals surface area contributed by atoms with Crippen LogP contribution in [0, 0.1) is 0 Å². The number of nitrogens with zero attached hydrogens (tertiary/aromatic N) is 1. The molecular formula is C28H30Cl2N2O2. The summed E-state index contributed by atoms with van der Waals surface area (Å²) in [4.78, 5) is 28.7. The zero-order valence-electron chi connectivity index (χ0n) is 19.3. The number of nitrogens with one attached hydrogen (secondary N) is 1. The molecular weight excluding hydrogens is 467 g/mol. The Bertz CT molecular complexity index is 1050. The molecule has 0 radical (unpaired) electrons. The number of benzene rings is 3. The lowest BCUT2D eigenvalue weighted by molar-refractivity contribution is -0.140. The zero-order chi connectivity index (χ0) is 24.3. The third-order valence-electron chi connectivity index (χ3n) is 5.69. The van der Waals surface area contributed by atoms with Gasteiger partial charge in [0, 0.05) is 35.1 Å². The molecule has 178 valence electrons. The molecule has 0 saturated heterocycles. The summed E-state index contributed by atoms with van der Waals surface area (Å²) in [5, 5.41) is 3.95. The lowest BCUT2D eigenvalue weighted by Gasteiger charge is -2.32. The molecule has 6 heteroatoms. The highest BCUT2D eigenvalue weighted by Gasteiger charge is 2.31. The number of amides is 2. The van der Waals surface area contributed by atoms with E-state index < -0.39 is 6.04 Å². The van der Waals surface area contributed by atoms with Gasteiger partial charge in [0.2, 0.25) is 11.8 Å². The van der Waals surface area contributed by atoms with E-state index in [0.29, 0.717) is 28.6 Å². The Morgan fingerprint density at radius 2 is 1.44 bits per heavy atom. The van der Waals surface area contributed by atoms with E-state index in [0.717, 1.165) is 24.0 Å². The monoisotopic (exact) mass is 496 g/mol. The first-order valence-electron chi connectivity index (χ1n) is 11.6. The second-order valence-corrected chi connectivity index (χ2v) is 9.05. The summed E-state index contributed by atoms with van der Waals surface area (Å²) in [5.41, 5.74) is 2.49. The fraction of sp³-hybridized carbons (Fsp3) is 0.286. The van der Waals surface area contributed by atoms with Crippen LogP contribution in [0.5, 0.6) is 0 Å². The summed E-state index contributed by atoms with van der Waals surface area (Å²) in [6.07, 6.45) is 2.41. The maximum absolute atomic E-state index is 13.7. The van der Waals surface area contributed by atoms with Crippen LogP contribution in [0.25, 0.3) is 0 Å². The number of carbonyl (C=O) groups excluding carboxylic acids is 2. The van der Waals surface area contributed by atoms with Gasteiger partial charge < -0.3 is 10.2 Å². The summed E-state index contributed by atoms with van der Waals surface area (Å²) in [6, 6.07) is 23.8. The first-order valence-corrected chi connectivity index (χ1v) is 12.3. The SMILES string of the molecule is CCCCNC(=O)[C@@H](Cc1ccccc1)N(Cc1c(Cl)cccc1Cl)C(=O)Cc1ccccc1. The van der Waals surface area contributed by atoms with Gasteiger partial charge in [-0.25, -0.2) is 0 Å². The fourth-order valence-corrected chi connectivity index (χ4v) is 4.30. The number of unbranched alkanes of at least 4 members (excludes halogenated alkanes) is 1. The Hall–Kier alpha value is -2.82. The van der Waals surface area contributed by atoms with E-state index in [-0.39, 0.29) is 24.8 Å². The second-order valence-electron chi connectivity index (χ2n) is 8.23. The molecule has 3 rings (SSSR count). The molecule has 2 amide bonds. The molecule has 0 aliphatic heterocycles. The maximum Gasteiger partial charge on any atom is 0.243 e. The molecule has 1 atom stereocenters. The Labute approximate surface area is 211 Å². The summed E-state index contributed by atoms with van der Waals surface area (Å²) in [7, 11) is 0. The van der Waals surface area contributed by atoms with Crippen molar-refractivity contribution >= 4 is 35.0 Å². The highest BCUT2D eigenvalue weighted by atomic mass is 35.5. The first kappa shape index (κ1) is 25.8. The van der Waals surface area contributed by atoms with Crippen LogP contribution in [0.3, 0.4) is 0 Å². The smallest absolute Gasteiger partial charge is 0.243 e. The van der Waals surface area contributed by atoms with Gasteiger partial charge in [-0.3, -0.25) is 9.59 Å². The van der Waals surface area contributed by atoms with Crippen LogP contribution in [-0.4, -0.2) is 29.3 Å². The van der Waals surface area contributed by atoms with Crippen molar-refractivity contribution in [2.24, 2.45) is 0 Å². The molecule has 0 heterocycles. The van der Waals surface area contributed by atoms with E-state index >= 15 is 0 Å². The van der Waals surface area contributed by atoms with Crippen molar-refractivity contribution in [1.82, 2.24) is 10.2 Å². The lowest BCUT2D eigenvalue weighted by atomic mass is 10.0. The summed E-state index contributed by atoms with van der Waals surface area (Å²) in [5.74, 6) is -0.337. The molecule has 0 aromatic heterocycles. The Morgan fingerprint density at radius 1 is 0.853 bits per heavy atom. The van der Waals surface area contributed by atoms with E-state index in [1.165, 1.54) is 0 Å². The number of hydrogen-bond donors (Lipinski definition) is 1. The molecule has 0 spiro atoms. The standard InChI is InChI=1S/C28H30Cl2N2O2/c1-2-3-17-31-28(34)26(18-21-11-6-4-7-12-21)32(20-23-24(29)15-10-16-25(23)30)27(33)19-22-13-8-5-9-14-22/h4-16,26H,2-3,17-20H2,1H3,(H,31,34)/t26-/m1/s1. The van der Waals surface area contributed by atoms with E-state index in [1.54, 1.807) is 23.1 Å². The van der Waals surface area contributed by atoms with Gasteiger partial charge in [-0.15, -0.1) is 0 Å². The van der Waals surface area contributed by atoms with Crippen LogP contribution in [-0.2, 0) is 29.0 Å². The fourth-order valence-electron chi connectivity index (χ4n) is 3.79. The van der Waals surface area contributed by atoms with Crippen molar-refractivity contribution < 1.29 is 9.59 Å². The molecule has 0 fully saturated rings. The topological polar surface area (TPSA) is 49.4 Å². The van der Waals surface area contributed by atoms with Crippen LogP contribution in [0.2, 0.25) is 10.0 Å². The first-order chi connectivity index (χ1) is 16.5. The molecule has 0 unspecified atom stereocenters. The van der Waals surface area contributed by atoms with Gasteiger partial charge >= 0.3 is 0 Å². The highest BCUT2D eigenvalue weighted by Crippen LogP contribution is 2.27. The highest BCUT2D eigenvalue weighted by molar-refractivity contribution is 6.36. The maximum atomic E-state index is 13.7. The van der Waals surface area contributed by atoms with Crippen molar-refractivity contribution in [2.75, 3.05) is 6.54 Å². The Balaban J connectivity index is 1.98. The van der Waals surface area contributed by atoms with Gasteiger partial charge in [0.05, 0.1) is 6.42 Å². The average Bonchev–Trinajstić information content (AvgIpc) is 2.84. The van der Waals surface area contributed by atoms with Crippen molar-refractivity contribution in [2.45, 2.75) is 45.2 Å². The van der Waals surface area contributed by atoms with Gasteiger partial charge in [0.25, 0.3) is 0 Å². The Morgan fingerprint density at radius 3 is 2.03 bits per heavy atom. The van der Waals surface area contributed by atoms with Crippen LogP contribution in [0.15, 0.2) is 78.9 Å². The number of carbonyl (C=O) groups is 2. The number of hydrogen-bond acceptors (Lipinski definition) is 2. The Kier molecular flexibility index (Phi) is 9.99. The van der Waals surface area contributed by atoms with E-state index in [2.05, 4.69) is 12.2 Å². The molecule has 4 nitrogen and oxygen atoms in total. The predicted octanol–water partition coefficient (Wildman–Crippen LogP) is 6.09. The normalized spacial score (nSPS) is 11.6. The summed E-state index contributed by atoms with van der Waals surface area (Å²) >= 11 is 12.9. The quantitative estimate of drug-likeness (QED) is 0.326. The minimum atomic E-state index is -0.706. The van der Waals surface area contributed by atoms with Crippen molar-refractivity contribution in [3.05, 3.63) is 106 Å². The summed E-state index contributed by atoms with van der Waals surface area (Å²) in [6.45, 7) is 2.78. The van der Waals surface area contributed by atoms with Crippen LogP contribution >= 0.6 is 23.2 Å². The molecule has 34 heavy (non-hydrogen) atoms. The predicted molar refractivity (Wildman–Crippen MR) is 139 cm³/mol. The van der Waals surface area contributed by atoms with Crippen molar-refractivity contribution in [3.8, 4) is 0 Å². The van der Waals surface area contributed by atoms with Gasteiger partial charge in [-0.1, -0.05) is 103 Å². The zero-order valence-corrected chi connectivity index (χ0v) is 20.9. The number of rotatable bonds is 11. The third-order valence-corrected chi connectivity index (χ3v) is 6.40. The minimum absolute atomic E-state index is 0.142. The van der Waals surface area contributed by atoms with E-state index in [9.17, 15) is 9.59 Å². The van der Waals surface area contributed by atoms with Gasteiger partial charge in [-0.2, -0.15) is 0 Å². The molecule has 0 bridgehead atoms. The average molecular weight is 497 g/mol. The number of halogens is 2. The molecule has 3 aromatic carbocycles. The van der Waals surface area contributed by atoms with Gasteiger partial charge in [0.1, 0.15) is 6.04 Å². The van der Waals surface area contributed by atoms with Gasteiger partial charge in [-0.05, 0) is 29.7 Å². The molecule has 0 aliphatic rings. The molecule has 1 N–H and O–H groups in total. The second kappa shape index (κ2) is 13.2. The van der Waals surface area contributed by atoms with Crippen LogP contribution in [0.4, 0.5) is 0 Å². The van der Waals surface area contributed by atoms with Crippen LogP contribution < -0.4 is 5.32 Å². The lowest BCUT2D eigenvalue weighted by Crippen LogP contribution is -2.51. The molecule has 3 aromatic rings. The third kappa shape index (κ3) is 7.34. The van der Waals surface area contributed by atoms with Crippen molar-refractivity contribution in [1.29, 1.82) is 0 Å². The largest absolute Gasteiger partial charge is 0.354 e. The van der Waals surface area contributed by atoms with E-state index in [1.807, 2.05) is 60.7 Å².